The molecule has 4 N–H and O–H groups in total. The van der Waals surface area contributed by atoms with E-state index in [0.29, 0.717) is 16.9 Å². The summed E-state index contributed by atoms with van der Waals surface area (Å²) in [5.41, 5.74) is 6.80. The number of aliphatic imine (C=N–C) groups is 1. The smallest absolute Gasteiger partial charge is 0.119 e. The van der Waals surface area contributed by atoms with Gasteiger partial charge in [-0.1, -0.05) is 11.5 Å². The molecule has 2 radical (unpaired) electrons. The average molecular weight is 264 g/mol. The van der Waals surface area contributed by atoms with E-state index in [9.17, 15) is 0 Å². The molecule has 5 nitrogen and oxygen atoms in total. The maximum atomic E-state index is 8.58. The first-order valence-electron chi connectivity index (χ1n) is 5.73. The van der Waals surface area contributed by atoms with Gasteiger partial charge in [0.2, 0.25) is 0 Å². The molecule has 0 aromatic heterocycles. The predicted molar refractivity (Wildman–Crippen MR) is 79.7 cm³/mol. The van der Waals surface area contributed by atoms with Gasteiger partial charge in [-0.2, -0.15) is 0 Å². The van der Waals surface area contributed by atoms with Gasteiger partial charge in [0.05, 0.1) is 19.3 Å². The van der Waals surface area contributed by atoms with Gasteiger partial charge in [-0.15, -0.1) is 0 Å². The first-order chi connectivity index (χ1) is 8.75. The highest BCUT2D eigenvalue weighted by molar-refractivity contribution is 6.34. The summed E-state index contributed by atoms with van der Waals surface area (Å²) in [5.74, 6) is 0.589. The highest BCUT2D eigenvalue weighted by atomic mass is 16.5. The van der Waals surface area contributed by atoms with Gasteiger partial charge in [0.25, 0.3) is 0 Å². The van der Waals surface area contributed by atoms with Gasteiger partial charge < -0.3 is 20.7 Å². The molecule has 0 unspecified atom stereocenters. The summed E-state index contributed by atoms with van der Waals surface area (Å²) in [6, 6.07) is 3.42. The van der Waals surface area contributed by atoms with Crippen LogP contribution in [0.4, 0.5) is 5.69 Å². The maximum Gasteiger partial charge on any atom is 0.119 e. The van der Waals surface area contributed by atoms with Crippen LogP contribution >= 0.6 is 0 Å². The molecule has 0 aliphatic heterocycles. The Balaban J connectivity index is 0.000000459. The number of anilines is 1. The van der Waals surface area contributed by atoms with E-state index in [1.54, 1.807) is 46.4 Å². The van der Waals surface area contributed by atoms with Crippen molar-refractivity contribution in [2.45, 2.75) is 19.4 Å². The molecule has 0 aliphatic carbocycles. The number of methoxy groups -OCH3 is 1. The largest absolute Gasteiger partial charge is 0.497 e. The summed E-state index contributed by atoms with van der Waals surface area (Å²) >= 11 is 0. The number of nitrogen functional groups attached to an aromatic ring is 1. The molecule has 0 spiro atoms. The van der Waals surface area contributed by atoms with Crippen molar-refractivity contribution in [2.24, 2.45) is 4.99 Å². The maximum absolute atomic E-state index is 8.58. The minimum absolute atomic E-state index is 0.174. The van der Waals surface area contributed by atoms with E-state index in [1.165, 1.54) is 0 Å². The van der Waals surface area contributed by atoms with Crippen molar-refractivity contribution in [3.05, 3.63) is 17.7 Å². The van der Waals surface area contributed by atoms with E-state index in [4.69, 9.17) is 28.5 Å². The number of aliphatic hydroxyl groups excluding tert-OH is 1. The SMILES string of the molecule is CC(C)(O)CO.[B]c1cc(C=NC)c(N)cc1OC. The van der Waals surface area contributed by atoms with Crippen LogP contribution in [0.1, 0.15) is 19.4 Å². The number of nitrogens with two attached hydrogens (primary N) is 1. The number of hydrogen-bond donors (Lipinski definition) is 3. The summed E-state index contributed by atoms with van der Waals surface area (Å²) in [6.45, 7) is 2.92. The second-order valence-corrected chi connectivity index (χ2v) is 4.58. The average Bonchev–Trinajstić information content (AvgIpc) is 2.33. The lowest BCUT2D eigenvalue weighted by atomic mass is 9.92. The zero-order valence-electron chi connectivity index (χ0n) is 11.8. The van der Waals surface area contributed by atoms with Crippen LogP contribution in [0.2, 0.25) is 0 Å². The number of nitrogens with zero attached hydrogens (tertiary/aromatic N) is 1. The molecule has 19 heavy (non-hydrogen) atoms. The molecule has 0 heterocycles. The first kappa shape index (κ1) is 17.5. The summed E-state index contributed by atoms with van der Waals surface area (Å²) in [7, 11) is 8.92. The standard InChI is InChI=1S/C9H11BN2O.C4H10O2/c1-12-5-6-3-7(10)9(13-2)4-8(6)11;1-4(2,6)3-5/h3-5H,11H2,1-2H3;5-6H,3H2,1-2H3. The summed E-state index contributed by atoms with van der Waals surface area (Å²) in [5, 5.41) is 16.7. The molecule has 0 amide bonds. The van der Waals surface area contributed by atoms with Crippen molar-refractivity contribution in [1.82, 2.24) is 0 Å². The zero-order chi connectivity index (χ0) is 15.1. The predicted octanol–water partition coefficient (Wildman–Crippen LogP) is -0.130. The number of rotatable bonds is 3. The van der Waals surface area contributed by atoms with E-state index in [-0.39, 0.29) is 6.61 Å². The lowest BCUT2D eigenvalue weighted by molar-refractivity contribution is 0.0183. The Bertz CT molecular complexity index is 429. The van der Waals surface area contributed by atoms with Gasteiger partial charge in [-0.05, 0) is 13.8 Å². The quantitative estimate of drug-likeness (QED) is 0.403. The zero-order valence-corrected chi connectivity index (χ0v) is 11.8. The Morgan fingerprint density at radius 2 is 2.00 bits per heavy atom. The van der Waals surface area contributed by atoms with E-state index < -0.39 is 5.60 Å². The lowest BCUT2D eigenvalue weighted by Gasteiger charge is -2.10. The van der Waals surface area contributed by atoms with E-state index in [0.717, 1.165) is 5.56 Å². The van der Waals surface area contributed by atoms with Crippen LogP contribution in [-0.2, 0) is 0 Å². The molecular weight excluding hydrogens is 243 g/mol. The van der Waals surface area contributed by atoms with E-state index in [2.05, 4.69) is 4.99 Å². The summed E-state index contributed by atoms with van der Waals surface area (Å²) in [4.78, 5) is 3.86. The Hall–Kier alpha value is -1.53. The Morgan fingerprint density at radius 3 is 2.37 bits per heavy atom. The summed E-state index contributed by atoms with van der Waals surface area (Å²) in [6.07, 6.45) is 1.66. The third-order valence-corrected chi connectivity index (χ3v) is 2.09. The highest BCUT2D eigenvalue weighted by Crippen LogP contribution is 2.15. The molecule has 1 rings (SSSR count). The Kier molecular flexibility index (Phi) is 7.18. The van der Waals surface area contributed by atoms with Crippen LogP contribution in [0.3, 0.4) is 0 Å². The number of ether oxygens (including phenoxy) is 1. The lowest BCUT2D eigenvalue weighted by Crippen LogP contribution is -2.23. The molecule has 0 aliphatic rings. The van der Waals surface area contributed by atoms with Crippen LogP contribution in [0, 0.1) is 0 Å². The normalized spacial score (nSPS) is 11.1. The minimum atomic E-state index is -0.903. The molecule has 0 atom stereocenters. The van der Waals surface area contributed by atoms with Crippen molar-refractivity contribution in [1.29, 1.82) is 0 Å². The Morgan fingerprint density at radius 1 is 1.47 bits per heavy atom. The van der Waals surface area contributed by atoms with Crippen molar-refractivity contribution in [3.8, 4) is 5.75 Å². The number of benzene rings is 1. The molecule has 1 aromatic carbocycles. The van der Waals surface area contributed by atoms with Crippen LogP contribution in [-0.4, -0.2) is 50.6 Å². The summed E-state index contributed by atoms with van der Waals surface area (Å²) < 4.78 is 5.01. The first-order valence-corrected chi connectivity index (χ1v) is 5.73. The van der Waals surface area contributed by atoms with Crippen molar-refractivity contribution in [3.63, 3.8) is 0 Å². The molecule has 0 saturated carbocycles. The fraction of sp³-hybridized carbons (Fsp3) is 0.462. The molecule has 104 valence electrons. The van der Waals surface area contributed by atoms with Crippen molar-refractivity contribution in [2.75, 3.05) is 26.5 Å². The number of hydrogen-bond acceptors (Lipinski definition) is 5. The second-order valence-electron chi connectivity index (χ2n) is 4.58. The number of aliphatic hydroxyl groups is 2. The third-order valence-electron chi connectivity index (χ3n) is 2.09. The van der Waals surface area contributed by atoms with E-state index >= 15 is 0 Å². The van der Waals surface area contributed by atoms with Gasteiger partial charge in [-0.3, -0.25) is 4.99 Å². The fourth-order valence-corrected chi connectivity index (χ4v) is 1.06. The molecule has 0 fully saturated rings. The molecule has 0 saturated heterocycles. The van der Waals surface area contributed by atoms with E-state index in [1.807, 2.05) is 0 Å². The van der Waals surface area contributed by atoms with Crippen LogP contribution in [0.15, 0.2) is 17.1 Å². The van der Waals surface area contributed by atoms with Gasteiger partial charge in [-0.25, -0.2) is 0 Å². The molecule has 1 aromatic rings. The molecule has 6 heteroatoms. The van der Waals surface area contributed by atoms with Crippen LogP contribution in [0.25, 0.3) is 0 Å². The van der Waals surface area contributed by atoms with Crippen LogP contribution in [0.5, 0.6) is 5.75 Å². The Labute approximate surface area is 115 Å². The third kappa shape index (κ3) is 6.83. The van der Waals surface area contributed by atoms with Gasteiger partial charge in [0, 0.05) is 30.6 Å². The fourth-order valence-electron chi connectivity index (χ4n) is 1.06. The van der Waals surface area contributed by atoms with Gasteiger partial charge in [0.1, 0.15) is 13.6 Å². The minimum Gasteiger partial charge on any atom is -0.497 e. The van der Waals surface area contributed by atoms with Crippen molar-refractivity contribution >= 4 is 25.2 Å². The topological polar surface area (TPSA) is 88.1 Å². The van der Waals surface area contributed by atoms with Crippen molar-refractivity contribution < 1.29 is 14.9 Å². The second kappa shape index (κ2) is 7.81. The highest BCUT2D eigenvalue weighted by Gasteiger charge is 2.07. The monoisotopic (exact) mass is 264 g/mol. The molecule has 0 bridgehead atoms. The van der Waals surface area contributed by atoms with Gasteiger partial charge in [0.15, 0.2) is 0 Å². The molecular formula is C13H21BN2O3. The van der Waals surface area contributed by atoms with Gasteiger partial charge >= 0.3 is 0 Å². The van der Waals surface area contributed by atoms with Crippen LogP contribution < -0.4 is 15.9 Å².